The third-order valence-electron chi connectivity index (χ3n) is 5.18. The van der Waals surface area contributed by atoms with Gasteiger partial charge in [0, 0.05) is 43.9 Å². The van der Waals surface area contributed by atoms with Gasteiger partial charge in [0.1, 0.15) is 11.5 Å². The maximum absolute atomic E-state index is 10.6. The van der Waals surface area contributed by atoms with Gasteiger partial charge in [-0.1, -0.05) is 6.07 Å². The number of hydrogen-bond acceptors (Lipinski definition) is 6. The highest BCUT2D eigenvalue weighted by atomic mass is 16.5. The van der Waals surface area contributed by atoms with Gasteiger partial charge in [0.15, 0.2) is 0 Å². The lowest BCUT2D eigenvalue weighted by molar-refractivity contribution is 0.00578. The van der Waals surface area contributed by atoms with Crippen LogP contribution in [0.15, 0.2) is 18.2 Å². The molecule has 2 aliphatic rings. The molecular formula is C19H30N2O4. The van der Waals surface area contributed by atoms with E-state index in [0.29, 0.717) is 19.1 Å². The molecule has 25 heavy (non-hydrogen) atoms. The number of aliphatic hydroxyl groups excluding tert-OH is 1. The van der Waals surface area contributed by atoms with Crippen molar-refractivity contribution in [1.82, 2.24) is 9.80 Å². The third kappa shape index (κ3) is 4.64. The predicted molar refractivity (Wildman–Crippen MR) is 96.4 cm³/mol. The molecule has 3 rings (SSSR count). The smallest absolute Gasteiger partial charge is 0.127 e. The number of rotatable bonds is 7. The van der Waals surface area contributed by atoms with Crippen LogP contribution < -0.4 is 9.47 Å². The van der Waals surface area contributed by atoms with Crippen LogP contribution in [-0.2, 0) is 4.74 Å². The van der Waals surface area contributed by atoms with Crippen molar-refractivity contribution < 1.29 is 19.3 Å². The summed E-state index contributed by atoms with van der Waals surface area (Å²) in [6.45, 7) is 5.77. The number of hydrogen-bond donors (Lipinski definition) is 1. The molecule has 2 saturated heterocycles. The summed E-state index contributed by atoms with van der Waals surface area (Å²) in [6, 6.07) is 6.31. The summed E-state index contributed by atoms with van der Waals surface area (Å²) < 4.78 is 16.3. The molecule has 1 aromatic rings. The molecule has 0 aromatic heterocycles. The molecule has 0 saturated carbocycles. The summed E-state index contributed by atoms with van der Waals surface area (Å²) >= 11 is 0. The average molecular weight is 350 g/mol. The van der Waals surface area contributed by atoms with Gasteiger partial charge < -0.3 is 19.3 Å². The first kappa shape index (κ1) is 18.5. The summed E-state index contributed by atoms with van der Waals surface area (Å²) in [6.07, 6.45) is 1.89. The van der Waals surface area contributed by atoms with Crippen molar-refractivity contribution in [3.8, 4) is 11.5 Å². The van der Waals surface area contributed by atoms with Crippen LogP contribution in [0.4, 0.5) is 0 Å². The number of nitrogens with zero attached hydrogens (tertiary/aromatic N) is 2. The lowest BCUT2D eigenvalue weighted by Gasteiger charge is -2.32. The SMILES string of the molecule is COc1ccc([C@H]2CCCN2C[C@H](O)CN2CCOCC2)c(OC)c1. The Hall–Kier alpha value is -1.34. The topological polar surface area (TPSA) is 54.4 Å². The quantitative estimate of drug-likeness (QED) is 0.805. The molecule has 2 fully saturated rings. The van der Waals surface area contributed by atoms with Crippen LogP contribution in [-0.4, -0.2) is 81.2 Å². The van der Waals surface area contributed by atoms with E-state index in [1.165, 1.54) is 5.56 Å². The van der Waals surface area contributed by atoms with E-state index < -0.39 is 0 Å². The molecule has 2 atom stereocenters. The van der Waals surface area contributed by atoms with Gasteiger partial charge in [0.05, 0.1) is 33.5 Å². The largest absolute Gasteiger partial charge is 0.497 e. The second kappa shape index (κ2) is 8.85. The van der Waals surface area contributed by atoms with Crippen molar-refractivity contribution >= 4 is 0 Å². The summed E-state index contributed by atoms with van der Waals surface area (Å²) in [4.78, 5) is 4.67. The summed E-state index contributed by atoms with van der Waals surface area (Å²) in [5.41, 5.74) is 1.18. The molecule has 0 bridgehead atoms. The lowest BCUT2D eigenvalue weighted by atomic mass is 10.0. The van der Waals surface area contributed by atoms with Crippen molar-refractivity contribution in [3.05, 3.63) is 23.8 Å². The number of aliphatic hydroxyl groups is 1. The van der Waals surface area contributed by atoms with Crippen LogP contribution >= 0.6 is 0 Å². The van der Waals surface area contributed by atoms with Gasteiger partial charge in [0.2, 0.25) is 0 Å². The van der Waals surface area contributed by atoms with E-state index in [2.05, 4.69) is 15.9 Å². The maximum atomic E-state index is 10.6. The van der Waals surface area contributed by atoms with Crippen LogP contribution in [0, 0.1) is 0 Å². The molecule has 6 nitrogen and oxygen atoms in total. The van der Waals surface area contributed by atoms with Crippen LogP contribution in [0.1, 0.15) is 24.4 Å². The van der Waals surface area contributed by atoms with Gasteiger partial charge in [-0.3, -0.25) is 9.80 Å². The van der Waals surface area contributed by atoms with Crippen molar-refractivity contribution in [1.29, 1.82) is 0 Å². The van der Waals surface area contributed by atoms with E-state index in [0.717, 1.165) is 57.2 Å². The monoisotopic (exact) mass is 350 g/mol. The van der Waals surface area contributed by atoms with E-state index in [1.807, 2.05) is 12.1 Å². The first-order chi connectivity index (χ1) is 12.2. The molecule has 2 aliphatic heterocycles. The highest BCUT2D eigenvalue weighted by Crippen LogP contribution is 2.38. The standard InChI is InChI=1S/C19H30N2O4/c1-23-16-5-6-17(19(12-16)24-2)18-4-3-7-21(18)14-15(22)13-20-8-10-25-11-9-20/h5-6,12,15,18,22H,3-4,7-11,13-14H2,1-2H3/t15-,18-/m1/s1. The van der Waals surface area contributed by atoms with Crippen molar-refractivity contribution in [2.24, 2.45) is 0 Å². The van der Waals surface area contributed by atoms with Gasteiger partial charge >= 0.3 is 0 Å². The van der Waals surface area contributed by atoms with Crippen LogP contribution in [0.3, 0.4) is 0 Å². The number of likely N-dealkylation sites (tertiary alicyclic amines) is 1. The minimum atomic E-state index is -0.344. The Kier molecular flexibility index (Phi) is 6.53. The number of morpholine rings is 1. The Balaban J connectivity index is 1.64. The highest BCUT2D eigenvalue weighted by molar-refractivity contribution is 5.42. The van der Waals surface area contributed by atoms with Gasteiger partial charge in [-0.15, -0.1) is 0 Å². The molecule has 1 N–H and O–H groups in total. The average Bonchev–Trinajstić information content (AvgIpc) is 3.09. The molecule has 0 aliphatic carbocycles. The Morgan fingerprint density at radius 3 is 2.68 bits per heavy atom. The molecule has 0 spiro atoms. The molecule has 0 radical (unpaired) electrons. The van der Waals surface area contributed by atoms with Crippen molar-refractivity contribution in [2.75, 3.05) is 60.2 Å². The maximum Gasteiger partial charge on any atom is 0.127 e. The van der Waals surface area contributed by atoms with Gasteiger partial charge in [-0.05, 0) is 25.5 Å². The molecule has 2 heterocycles. The Morgan fingerprint density at radius 1 is 1.16 bits per heavy atom. The minimum Gasteiger partial charge on any atom is -0.497 e. The number of methoxy groups -OCH3 is 2. The van der Waals surface area contributed by atoms with Gasteiger partial charge in [-0.25, -0.2) is 0 Å². The highest BCUT2D eigenvalue weighted by Gasteiger charge is 2.30. The third-order valence-corrected chi connectivity index (χ3v) is 5.18. The van der Waals surface area contributed by atoms with Crippen molar-refractivity contribution in [3.63, 3.8) is 0 Å². The predicted octanol–water partition coefficient (Wildman–Crippen LogP) is 1.53. The van der Waals surface area contributed by atoms with Crippen LogP contribution in [0.5, 0.6) is 11.5 Å². The van der Waals surface area contributed by atoms with Crippen LogP contribution in [0.25, 0.3) is 0 Å². The molecule has 1 aromatic carbocycles. The fourth-order valence-electron chi connectivity index (χ4n) is 3.90. The second-order valence-electron chi connectivity index (χ2n) is 6.83. The van der Waals surface area contributed by atoms with E-state index in [-0.39, 0.29) is 6.10 Å². The fourth-order valence-corrected chi connectivity index (χ4v) is 3.90. The second-order valence-corrected chi connectivity index (χ2v) is 6.83. The summed E-state index contributed by atoms with van der Waals surface area (Å²) in [5, 5.41) is 10.6. The van der Waals surface area contributed by atoms with E-state index in [1.54, 1.807) is 14.2 Å². The molecule has 0 unspecified atom stereocenters. The first-order valence-electron chi connectivity index (χ1n) is 9.15. The fraction of sp³-hybridized carbons (Fsp3) is 0.684. The van der Waals surface area contributed by atoms with Gasteiger partial charge in [-0.2, -0.15) is 0 Å². The van der Waals surface area contributed by atoms with E-state index in [9.17, 15) is 5.11 Å². The Morgan fingerprint density at radius 2 is 1.96 bits per heavy atom. The summed E-state index contributed by atoms with van der Waals surface area (Å²) in [7, 11) is 3.36. The zero-order chi connectivity index (χ0) is 17.6. The minimum absolute atomic E-state index is 0.292. The zero-order valence-corrected chi connectivity index (χ0v) is 15.3. The normalized spacial score (nSPS) is 23.6. The molecule has 0 amide bonds. The number of benzene rings is 1. The van der Waals surface area contributed by atoms with E-state index >= 15 is 0 Å². The van der Waals surface area contributed by atoms with E-state index in [4.69, 9.17) is 14.2 Å². The van der Waals surface area contributed by atoms with Crippen LogP contribution in [0.2, 0.25) is 0 Å². The zero-order valence-electron chi connectivity index (χ0n) is 15.3. The molecule has 6 heteroatoms. The Labute approximate surface area is 150 Å². The first-order valence-corrected chi connectivity index (χ1v) is 9.15. The number of β-amino-alcohol motifs (C(OH)–C–C–N with tert-alkyl or cyclic N) is 1. The molecule has 140 valence electrons. The van der Waals surface area contributed by atoms with Gasteiger partial charge in [0.25, 0.3) is 0 Å². The number of ether oxygens (including phenoxy) is 3. The molecular weight excluding hydrogens is 320 g/mol. The Bertz CT molecular complexity index is 548. The lowest BCUT2D eigenvalue weighted by Crippen LogP contribution is -2.44. The van der Waals surface area contributed by atoms with Crippen molar-refractivity contribution in [2.45, 2.75) is 25.0 Å². The summed E-state index contributed by atoms with van der Waals surface area (Å²) in [5.74, 6) is 1.66.